The second kappa shape index (κ2) is 3.81. The van der Waals surface area contributed by atoms with Crippen LogP contribution in [0.15, 0.2) is 47.0 Å². The van der Waals surface area contributed by atoms with Crippen LogP contribution in [0.25, 0.3) is 21.8 Å². The predicted molar refractivity (Wildman–Crippen MR) is 71.2 cm³/mol. The summed E-state index contributed by atoms with van der Waals surface area (Å²) in [7, 11) is 0. The fourth-order valence-electron chi connectivity index (χ4n) is 2.10. The van der Waals surface area contributed by atoms with Crippen LogP contribution in [0.3, 0.4) is 0 Å². The predicted octanol–water partition coefficient (Wildman–Crippen LogP) is 1.32. The van der Waals surface area contributed by atoms with Crippen molar-refractivity contribution >= 4 is 28.0 Å². The van der Waals surface area contributed by atoms with Crippen LogP contribution in [0.4, 0.5) is 0 Å². The van der Waals surface area contributed by atoms with E-state index in [0.717, 1.165) is 27.2 Å². The van der Waals surface area contributed by atoms with E-state index in [1.807, 2.05) is 24.4 Å². The topological polar surface area (TPSA) is 79.2 Å². The van der Waals surface area contributed by atoms with Crippen molar-refractivity contribution in [2.24, 2.45) is 10.2 Å². The van der Waals surface area contributed by atoms with Crippen molar-refractivity contribution in [2.75, 3.05) is 0 Å². The Kier molecular flexibility index (Phi) is 2.02. The average molecular weight is 248 g/mol. The Morgan fingerprint density at radius 2 is 2.05 bits per heavy atom. The van der Waals surface area contributed by atoms with Gasteiger partial charge in [0, 0.05) is 28.7 Å². The first-order valence-corrected chi connectivity index (χ1v) is 5.78. The molecule has 1 N–H and O–H groups in total. The van der Waals surface area contributed by atoms with Crippen LogP contribution in [0.2, 0.25) is 0 Å². The zero-order chi connectivity index (χ0) is 12.7. The van der Waals surface area contributed by atoms with E-state index in [0.29, 0.717) is 5.65 Å². The van der Waals surface area contributed by atoms with Crippen molar-refractivity contribution in [3.05, 3.63) is 47.8 Å². The number of hydrogen-bond acceptors (Lipinski definition) is 5. The molecule has 0 bridgehead atoms. The summed E-state index contributed by atoms with van der Waals surface area (Å²) in [5, 5.41) is 18.8. The minimum absolute atomic E-state index is 0.638. The van der Waals surface area contributed by atoms with Gasteiger partial charge in [-0.25, -0.2) is 4.98 Å². The molecule has 3 aromatic heterocycles. The Bertz CT molecular complexity index is 923. The highest BCUT2D eigenvalue weighted by molar-refractivity contribution is 6.02. The number of fused-ring (bicyclic) bond motifs is 4. The smallest absolute Gasteiger partial charge is 0.183 e. The second-order valence-electron chi connectivity index (χ2n) is 4.17. The lowest BCUT2D eigenvalue weighted by Gasteiger charge is -1.91. The monoisotopic (exact) mass is 248 g/mol. The van der Waals surface area contributed by atoms with E-state index in [4.69, 9.17) is 0 Å². The number of aromatic amines is 1. The first kappa shape index (κ1) is 10.1. The standard InChI is InChI=1S/C13H8N6/c1-2-10-8(5-15-12-9(1)6-16-18-12)3-4-14-13-11(10)7-17-19-13/h1-7H,(H,15,16,18). The molecule has 1 aliphatic heterocycles. The lowest BCUT2D eigenvalue weighted by Crippen LogP contribution is -2.06. The summed E-state index contributed by atoms with van der Waals surface area (Å²) in [6, 6.07) is 5.92. The van der Waals surface area contributed by atoms with Gasteiger partial charge in [0.1, 0.15) is 0 Å². The molecule has 0 saturated carbocycles. The molecule has 0 aliphatic carbocycles. The van der Waals surface area contributed by atoms with Crippen LogP contribution < -0.4 is 5.49 Å². The third kappa shape index (κ3) is 1.54. The third-order valence-electron chi connectivity index (χ3n) is 3.05. The van der Waals surface area contributed by atoms with Gasteiger partial charge in [0.05, 0.1) is 12.4 Å². The van der Waals surface area contributed by atoms with Gasteiger partial charge in [0.25, 0.3) is 0 Å². The molecule has 0 atom stereocenters. The van der Waals surface area contributed by atoms with Crippen LogP contribution >= 0.6 is 0 Å². The van der Waals surface area contributed by atoms with E-state index in [-0.39, 0.29) is 0 Å². The molecule has 0 radical (unpaired) electrons. The Morgan fingerprint density at radius 1 is 1.05 bits per heavy atom. The summed E-state index contributed by atoms with van der Waals surface area (Å²) >= 11 is 0. The van der Waals surface area contributed by atoms with Crippen molar-refractivity contribution in [3.8, 4) is 0 Å². The lowest BCUT2D eigenvalue weighted by molar-refractivity contribution is 1.09. The number of aromatic nitrogens is 4. The fourth-order valence-corrected chi connectivity index (χ4v) is 2.10. The molecule has 6 nitrogen and oxygen atoms in total. The molecule has 1 aliphatic rings. The van der Waals surface area contributed by atoms with Crippen molar-refractivity contribution < 1.29 is 0 Å². The van der Waals surface area contributed by atoms with Gasteiger partial charge in [-0.3, -0.25) is 0 Å². The van der Waals surface area contributed by atoms with Crippen LogP contribution in [-0.4, -0.2) is 26.4 Å². The number of rotatable bonds is 0. The summed E-state index contributed by atoms with van der Waals surface area (Å²) in [6.07, 6.45) is 7.06. The molecular weight excluding hydrogens is 240 g/mol. The van der Waals surface area contributed by atoms with Crippen molar-refractivity contribution in [1.82, 2.24) is 20.2 Å². The number of H-pyrrole nitrogens is 1. The van der Waals surface area contributed by atoms with Gasteiger partial charge < -0.3 is 4.98 Å². The average Bonchev–Trinajstić information content (AvgIpc) is 2.99. The van der Waals surface area contributed by atoms with Crippen LogP contribution in [0, 0.1) is 0 Å². The zero-order valence-electron chi connectivity index (χ0n) is 9.78. The van der Waals surface area contributed by atoms with E-state index in [2.05, 4.69) is 30.4 Å². The highest BCUT2D eigenvalue weighted by atomic mass is 15.2. The van der Waals surface area contributed by atoms with Gasteiger partial charge in [0.2, 0.25) is 0 Å². The fraction of sp³-hybridized carbons (Fsp3) is 0. The molecule has 0 spiro atoms. The molecule has 0 saturated heterocycles. The molecule has 90 valence electrons. The highest BCUT2D eigenvalue weighted by Gasteiger charge is 2.02. The molecule has 0 amide bonds. The second-order valence-corrected chi connectivity index (χ2v) is 4.17. The maximum atomic E-state index is 4.26. The Morgan fingerprint density at radius 3 is 3.05 bits per heavy atom. The minimum atomic E-state index is 0.638. The number of hydrogen-bond donors (Lipinski definition) is 1. The molecule has 0 aromatic carbocycles. The molecule has 19 heavy (non-hydrogen) atoms. The maximum absolute atomic E-state index is 4.26. The molecule has 0 unspecified atom stereocenters. The van der Waals surface area contributed by atoms with Crippen LogP contribution in [0.5, 0.6) is 0 Å². The molecule has 4 rings (SSSR count). The van der Waals surface area contributed by atoms with Crippen molar-refractivity contribution in [3.63, 3.8) is 0 Å². The van der Waals surface area contributed by atoms with Crippen LogP contribution in [-0.2, 0) is 0 Å². The van der Waals surface area contributed by atoms with Gasteiger partial charge in [-0.15, -0.1) is 10.2 Å². The zero-order valence-corrected chi connectivity index (χ0v) is 9.78. The summed E-state index contributed by atoms with van der Waals surface area (Å²) in [4.78, 5) is 7.42. The molecule has 6 heteroatoms. The molecule has 0 fully saturated rings. The first-order valence-electron chi connectivity index (χ1n) is 5.78. The molecule has 3 aromatic rings. The van der Waals surface area contributed by atoms with E-state index in [9.17, 15) is 0 Å². The summed E-state index contributed by atoms with van der Waals surface area (Å²) in [5.74, 6) is 0. The quantitative estimate of drug-likeness (QED) is 0.651. The Labute approximate surface area is 107 Å². The van der Waals surface area contributed by atoms with Gasteiger partial charge in [-0.1, -0.05) is 6.07 Å². The van der Waals surface area contributed by atoms with Gasteiger partial charge >= 0.3 is 0 Å². The van der Waals surface area contributed by atoms with E-state index >= 15 is 0 Å². The third-order valence-corrected chi connectivity index (χ3v) is 3.05. The SMILES string of the molecule is C1=NN=c2[nH]cc3ccnc4nncc4c3ccc21. The summed E-state index contributed by atoms with van der Waals surface area (Å²) < 4.78 is 0. The Balaban J connectivity index is 2.25. The van der Waals surface area contributed by atoms with Gasteiger partial charge in [0.15, 0.2) is 11.1 Å². The minimum Gasteiger partial charge on any atom is -0.344 e. The van der Waals surface area contributed by atoms with Gasteiger partial charge in [-0.2, -0.15) is 10.2 Å². The van der Waals surface area contributed by atoms with E-state index in [1.165, 1.54) is 0 Å². The summed E-state index contributed by atoms with van der Waals surface area (Å²) in [6.45, 7) is 0. The van der Waals surface area contributed by atoms with Crippen LogP contribution in [0.1, 0.15) is 5.56 Å². The summed E-state index contributed by atoms with van der Waals surface area (Å²) in [5.41, 5.74) is 2.33. The normalized spacial score (nSPS) is 12.4. The highest BCUT2D eigenvalue weighted by Crippen LogP contribution is 2.18. The maximum Gasteiger partial charge on any atom is 0.183 e. The van der Waals surface area contributed by atoms with Crippen molar-refractivity contribution in [1.29, 1.82) is 0 Å². The lowest BCUT2D eigenvalue weighted by atomic mass is 10.2. The molecular formula is C13H8N6. The van der Waals surface area contributed by atoms with E-state index < -0.39 is 0 Å². The largest absolute Gasteiger partial charge is 0.344 e. The van der Waals surface area contributed by atoms with E-state index in [1.54, 1.807) is 18.6 Å². The Hall–Kier alpha value is -2.89. The first-order chi connectivity index (χ1) is 9.42. The van der Waals surface area contributed by atoms with Crippen molar-refractivity contribution in [2.45, 2.75) is 0 Å². The molecule has 4 heterocycles. The number of nitrogens with one attached hydrogen (secondary N) is 1. The van der Waals surface area contributed by atoms with Gasteiger partial charge in [-0.05, 0) is 17.5 Å². The number of nitrogens with zero attached hydrogens (tertiary/aromatic N) is 5.